The zero-order chi connectivity index (χ0) is 22.6. The van der Waals surface area contributed by atoms with Gasteiger partial charge in [0.25, 0.3) is 0 Å². The highest BCUT2D eigenvalue weighted by atomic mass is 32.2. The second-order valence-corrected chi connectivity index (χ2v) is 9.77. The van der Waals surface area contributed by atoms with Crippen LogP contribution in [0.1, 0.15) is 49.3 Å². The molecule has 168 valence electrons. The van der Waals surface area contributed by atoms with E-state index >= 15 is 0 Å². The quantitative estimate of drug-likeness (QED) is 0.648. The second kappa shape index (κ2) is 9.78. The molecule has 1 fully saturated rings. The predicted molar refractivity (Wildman–Crippen MR) is 121 cm³/mol. The lowest BCUT2D eigenvalue weighted by molar-refractivity contribution is -0.136. The number of nitrogens with zero attached hydrogens (tertiary/aromatic N) is 3. The molecule has 0 aliphatic carbocycles. The van der Waals surface area contributed by atoms with Crippen molar-refractivity contribution in [3.63, 3.8) is 0 Å². The third kappa shape index (κ3) is 5.07. The number of benzene rings is 1. The maximum absolute atomic E-state index is 13.4. The van der Waals surface area contributed by atoms with E-state index in [1.165, 1.54) is 4.31 Å². The molecule has 0 saturated carbocycles. The average molecular weight is 446 g/mol. The molecule has 0 unspecified atom stereocenters. The fraction of sp³-hybridized carbons (Fsp3) is 0.478. The number of aryl methyl sites for hydroxylation is 2. The van der Waals surface area contributed by atoms with E-state index in [4.69, 9.17) is 4.52 Å². The van der Waals surface area contributed by atoms with Crippen molar-refractivity contribution in [2.24, 2.45) is 5.92 Å². The van der Waals surface area contributed by atoms with E-state index in [2.05, 4.69) is 5.16 Å². The van der Waals surface area contributed by atoms with Crippen molar-refractivity contribution in [2.45, 2.75) is 45.4 Å². The third-order valence-corrected chi connectivity index (χ3v) is 7.84. The topological polar surface area (TPSA) is 83.7 Å². The Balaban J connectivity index is 1.77. The molecule has 31 heavy (non-hydrogen) atoms. The number of carbonyl (C=O) groups excluding carboxylic acids is 1. The van der Waals surface area contributed by atoms with Crippen LogP contribution in [0.25, 0.3) is 12.2 Å². The minimum absolute atomic E-state index is 0.102. The molecule has 8 heteroatoms. The standard InChI is InChI=1S/C23H31N3O4S/c1-5-25(6-2)23(27)20-12-14-26(15-13-20)31(28,29)22-18(4)24-30-21(22)11-10-19-9-7-8-17(3)16-19/h7-11,16,20H,5-6,12-15H2,1-4H3/b11-10+. The predicted octanol–water partition coefficient (Wildman–Crippen LogP) is 3.73. The molecule has 3 rings (SSSR count). The van der Waals surface area contributed by atoms with Gasteiger partial charge < -0.3 is 9.42 Å². The van der Waals surface area contributed by atoms with Gasteiger partial charge in [0.1, 0.15) is 5.69 Å². The number of hydrogen-bond acceptors (Lipinski definition) is 5. The first-order valence-corrected chi connectivity index (χ1v) is 12.2. The molecule has 1 amide bonds. The molecule has 7 nitrogen and oxygen atoms in total. The zero-order valence-electron chi connectivity index (χ0n) is 18.7. The van der Waals surface area contributed by atoms with E-state index in [-0.39, 0.29) is 22.5 Å². The number of aromatic nitrogens is 1. The second-order valence-electron chi connectivity index (χ2n) is 7.90. The minimum atomic E-state index is -3.77. The molecule has 1 aliphatic heterocycles. The van der Waals surface area contributed by atoms with Gasteiger partial charge in [-0.3, -0.25) is 4.79 Å². The Bertz CT molecular complexity index is 1050. The van der Waals surface area contributed by atoms with Gasteiger partial charge >= 0.3 is 0 Å². The van der Waals surface area contributed by atoms with Crippen LogP contribution < -0.4 is 0 Å². The van der Waals surface area contributed by atoms with E-state index in [9.17, 15) is 13.2 Å². The number of hydrogen-bond donors (Lipinski definition) is 0. The normalized spacial score (nSPS) is 16.1. The van der Waals surface area contributed by atoms with Gasteiger partial charge in [-0.2, -0.15) is 4.31 Å². The zero-order valence-corrected chi connectivity index (χ0v) is 19.5. The number of amides is 1. The molecule has 0 bridgehead atoms. The Morgan fingerprint density at radius 1 is 1.19 bits per heavy atom. The van der Waals surface area contributed by atoms with Crippen LogP contribution in [0.5, 0.6) is 0 Å². The van der Waals surface area contributed by atoms with Crippen LogP contribution in [0.3, 0.4) is 0 Å². The summed E-state index contributed by atoms with van der Waals surface area (Å²) in [5.41, 5.74) is 2.41. The third-order valence-electron chi connectivity index (χ3n) is 5.78. The van der Waals surface area contributed by atoms with Crippen molar-refractivity contribution >= 4 is 28.1 Å². The molecular formula is C23H31N3O4S. The fourth-order valence-corrected chi connectivity index (χ4v) is 5.73. The monoisotopic (exact) mass is 445 g/mol. The summed E-state index contributed by atoms with van der Waals surface area (Å²) in [6.07, 6.45) is 4.51. The molecule has 1 aliphatic rings. The number of piperidine rings is 1. The van der Waals surface area contributed by atoms with Crippen LogP contribution in [-0.4, -0.2) is 54.9 Å². The molecule has 2 heterocycles. The Kier molecular flexibility index (Phi) is 7.33. The molecule has 0 N–H and O–H groups in total. The summed E-state index contributed by atoms with van der Waals surface area (Å²) >= 11 is 0. The van der Waals surface area contributed by atoms with Crippen molar-refractivity contribution in [2.75, 3.05) is 26.2 Å². The van der Waals surface area contributed by atoms with Crippen molar-refractivity contribution in [1.82, 2.24) is 14.4 Å². The molecular weight excluding hydrogens is 414 g/mol. The summed E-state index contributed by atoms with van der Waals surface area (Å²) in [7, 11) is -3.77. The van der Waals surface area contributed by atoms with Crippen molar-refractivity contribution in [3.8, 4) is 0 Å². The fourth-order valence-electron chi connectivity index (χ4n) is 4.01. The number of rotatable bonds is 7. The molecule has 0 spiro atoms. The SMILES string of the molecule is CCN(CC)C(=O)C1CCN(S(=O)(=O)c2c(C)noc2/C=C/c2cccc(C)c2)CC1. The van der Waals surface area contributed by atoms with Crippen LogP contribution >= 0.6 is 0 Å². The van der Waals surface area contributed by atoms with Gasteiger partial charge in [-0.1, -0.05) is 41.1 Å². The molecule has 1 aromatic heterocycles. The molecule has 0 atom stereocenters. The maximum Gasteiger partial charge on any atom is 0.248 e. The Morgan fingerprint density at radius 2 is 1.87 bits per heavy atom. The van der Waals surface area contributed by atoms with Gasteiger partial charge in [0.15, 0.2) is 10.7 Å². The lowest BCUT2D eigenvalue weighted by Crippen LogP contribution is -2.44. The number of carbonyl (C=O) groups is 1. The Hall–Kier alpha value is -2.45. The summed E-state index contributed by atoms with van der Waals surface area (Å²) in [5, 5.41) is 3.90. The van der Waals surface area contributed by atoms with E-state index < -0.39 is 10.0 Å². The van der Waals surface area contributed by atoms with Crippen LogP contribution in [-0.2, 0) is 14.8 Å². The average Bonchev–Trinajstić information content (AvgIpc) is 3.14. The van der Waals surface area contributed by atoms with E-state index in [0.717, 1.165) is 11.1 Å². The van der Waals surface area contributed by atoms with Crippen LogP contribution in [0, 0.1) is 19.8 Å². The Labute approximate surface area is 184 Å². The summed E-state index contributed by atoms with van der Waals surface area (Å²) < 4.78 is 33.5. The first-order chi connectivity index (χ1) is 14.8. The molecule has 1 saturated heterocycles. The Morgan fingerprint density at radius 3 is 2.48 bits per heavy atom. The van der Waals surface area contributed by atoms with Gasteiger partial charge in [0.2, 0.25) is 15.9 Å². The summed E-state index contributed by atoms with van der Waals surface area (Å²) in [6.45, 7) is 9.52. The minimum Gasteiger partial charge on any atom is -0.355 e. The summed E-state index contributed by atoms with van der Waals surface area (Å²) in [4.78, 5) is 14.5. The van der Waals surface area contributed by atoms with Gasteiger partial charge in [-0.25, -0.2) is 8.42 Å². The van der Waals surface area contributed by atoms with Crippen molar-refractivity contribution in [1.29, 1.82) is 0 Å². The van der Waals surface area contributed by atoms with E-state index in [0.29, 0.717) is 44.7 Å². The van der Waals surface area contributed by atoms with Crippen LogP contribution in [0.4, 0.5) is 0 Å². The largest absolute Gasteiger partial charge is 0.355 e. The van der Waals surface area contributed by atoms with Crippen LogP contribution in [0.15, 0.2) is 33.7 Å². The highest BCUT2D eigenvalue weighted by Crippen LogP contribution is 2.29. The van der Waals surface area contributed by atoms with Crippen molar-refractivity contribution < 1.29 is 17.7 Å². The van der Waals surface area contributed by atoms with E-state index in [1.807, 2.05) is 56.0 Å². The van der Waals surface area contributed by atoms with Gasteiger partial charge in [-0.05, 0) is 52.2 Å². The van der Waals surface area contributed by atoms with E-state index in [1.54, 1.807) is 13.0 Å². The summed E-state index contributed by atoms with van der Waals surface area (Å²) in [5.74, 6) is 0.209. The first kappa shape index (κ1) is 23.2. The highest BCUT2D eigenvalue weighted by Gasteiger charge is 2.36. The lowest BCUT2D eigenvalue weighted by Gasteiger charge is -2.33. The van der Waals surface area contributed by atoms with Crippen molar-refractivity contribution in [3.05, 3.63) is 46.8 Å². The number of sulfonamides is 1. The molecule has 1 aromatic carbocycles. The summed E-state index contributed by atoms with van der Waals surface area (Å²) in [6, 6.07) is 7.90. The lowest BCUT2D eigenvalue weighted by atomic mass is 9.96. The smallest absolute Gasteiger partial charge is 0.248 e. The van der Waals surface area contributed by atoms with Gasteiger partial charge in [0, 0.05) is 32.1 Å². The highest BCUT2D eigenvalue weighted by molar-refractivity contribution is 7.89. The molecule has 0 radical (unpaired) electrons. The maximum atomic E-state index is 13.4. The van der Waals surface area contributed by atoms with Crippen LogP contribution in [0.2, 0.25) is 0 Å². The van der Waals surface area contributed by atoms with Gasteiger partial charge in [0.05, 0.1) is 0 Å². The van der Waals surface area contributed by atoms with Gasteiger partial charge in [-0.15, -0.1) is 0 Å². The molecule has 2 aromatic rings. The first-order valence-electron chi connectivity index (χ1n) is 10.8.